The van der Waals surface area contributed by atoms with Gasteiger partial charge in [0.25, 0.3) is 0 Å². The van der Waals surface area contributed by atoms with E-state index in [4.69, 9.17) is 19.9 Å². The summed E-state index contributed by atoms with van der Waals surface area (Å²) in [5.41, 5.74) is 8.81. The van der Waals surface area contributed by atoms with Gasteiger partial charge in [0.05, 0.1) is 55.9 Å². The molecule has 0 N–H and O–H groups in total. The van der Waals surface area contributed by atoms with Gasteiger partial charge < -0.3 is 8.80 Å². The lowest BCUT2D eigenvalue weighted by Crippen LogP contribution is -2.17. The molecule has 6 heterocycles. The Morgan fingerprint density at radius 3 is 0.908 bits per heavy atom. The molecule has 15 rings (SSSR count). The molecule has 10 nitrogen and oxygen atoms in total. The van der Waals surface area contributed by atoms with Crippen LogP contribution in [0.3, 0.4) is 0 Å². The highest BCUT2D eigenvalue weighted by molar-refractivity contribution is 6.14. The Balaban J connectivity index is 1.05. The molecule has 0 aliphatic carbocycles. The molecule has 0 saturated heterocycles. The van der Waals surface area contributed by atoms with Crippen molar-refractivity contribution in [2.45, 2.75) is 0 Å². The molecule has 9 aromatic carbocycles. The van der Waals surface area contributed by atoms with Crippen LogP contribution in [0.2, 0.25) is 0 Å². The van der Waals surface area contributed by atoms with Crippen LogP contribution in [-0.4, -0.2) is 28.7 Å². The van der Waals surface area contributed by atoms with Crippen LogP contribution in [-0.2, 0) is 0 Å². The minimum absolute atomic E-state index is 0.233. The van der Waals surface area contributed by atoms with Gasteiger partial charge in [0.2, 0.25) is 0 Å². The fourth-order valence-corrected chi connectivity index (χ4v) is 11.2. The van der Waals surface area contributed by atoms with Crippen molar-refractivity contribution in [2.24, 2.45) is 0 Å². The molecule has 0 atom stereocenters. The second-order valence-electron chi connectivity index (χ2n) is 19.1. The molecule has 0 saturated carbocycles. The Hall–Kier alpha value is -10.6. The van der Waals surface area contributed by atoms with Crippen molar-refractivity contribution in [1.29, 1.82) is 0 Å². The summed E-state index contributed by atoms with van der Waals surface area (Å²) in [6.45, 7) is 0. The maximum Gasteiger partial charge on any atom is 0.197 e. The van der Waals surface area contributed by atoms with E-state index in [2.05, 4.69) is 0 Å². The third-order valence-corrected chi connectivity index (χ3v) is 14.8. The molecular formula is C66H36N6O4. The van der Waals surface area contributed by atoms with Crippen LogP contribution in [0.4, 0.5) is 0 Å². The van der Waals surface area contributed by atoms with E-state index in [9.17, 15) is 9.59 Å². The lowest BCUT2D eigenvalue weighted by Gasteiger charge is -2.19. The predicted molar refractivity (Wildman–Crippen MR) is 305 cm³/mol. The quantitative estimate of drug-likeness (QED) is 0.119. The number of benzene rings is 9. The first-order valence-corrected chi connectivity index (χ1v) is 24.9. The van der Waals surface area contributed by atoms with Crippen molar-refractivity contribution in [3.8, 4) is 67.8 Å². The zero-order chi connectivity index (χ0) is 50.8. The first-order valence-electron chi connectivity index (χ1n) is 24.9. The van der Waals surface area contributed by atoms with E-state index in [0.29, 0.717) is 111 Å². The highest BCUT2D eigenvalue weighted by atomic mass is 16.1. The first-order chi connectivity index (χ1) is 37.3. The summed E-state index contributed by atoms with van der Waals surface area (Å²) in [6, 6.07) is 68.4. The number of aromatic nitrogens is 6. The van der Waals surface area contributed by atoms with Crippen LogP contribution in [0, 0.1) is 0 Å². The zero-order valence-corrected chi connectivity index (χ0v) is 40.1. The van der Waals surface area contributed by atoms with Crippen molar-refractivity contribution in [3.63, 3.8) is 0 Å². The Bertz CT molecular complexity index is 4750. The van der Waals surface area contributed by atoms with Crippen LogP contribution in [0.5, 0.6) is 0 Å². The minimum Gasteiger partial charge on any atom is -0.307 e. The molecular weight excluding hydrogens is 941 g/mol. The Kier molecular flexibility index (Phi) is 9.33. The fourth-order valence-electron chi connectivity index (χ4n) is 11.2. The molecule has 0 spiro atoms. The standard InChI is InChI=1S/C66H36N6O4/c73-61-43-25-13-15-27-55(43)71-57-36-58-46(33-45(57)63(75)49-31-41(29-47(61)59(49)71)53-34-51(37-17-5-1-6-18-37)67-65(69-53)39-21-9-3-10-22-39)64(76)50-32-42(30-48-60(50)72(58)56-28-16-14-26-44(56)62(48)74)54-35-52(38-19-7-2-8-20-38)68-66(70-54)40-23-11-4-12-24-40/h1-36H. The van der Waals surface area contributed by atoms with Gasteiger partial charge in [-0.15, -0.1) is 0 Å². The van der Waals surface area contributed by atoms with E-state index in [0.717, 1.165) is 22.3 Å². The van der Waals surface area contributed by atoms with Crippen LogP contribution in [0.1, 0.15) is 0 Å². The minimum atomic E-state index is -0.356. The van der Waals surface area contributed by atoms with Crippen LogP contribution >= 0.6 is 0 Å². The maximum atomic E-state index is 15.6. The number of para-hydroxylation sites is 2. The van der Waals surface area contributed by atoms with Gasteiger partial charge in [0.15, 0.2) is 33.4 Å². The van der Waals surface area contributed by atoms with E-state index in [1.165, 1.54) is 0 Å². The second kappa shape index (κ2) is 16.5. The molecule has 76 heavy (non-hydrogen) atoms. The highest BCUT2D eigenvalue weighted by Crippen LogP contribution is 2.37. The Labute approximate surface area is 430 Å². The molecule has 354 valence electrons. The van der Waals surface area contributed by atoms with E-state index in [1.54, 1.807) is 30.3 Å². The lowest BCUT2D eigenvalue weighted by atomic mass is 9.96. The Morgan fingerprint density at radius 1 is 0.237 bits per heavy atom. The van der Waals surface area contributed by atoms with Gasteiger partial charge in [-0.2, -0.15) is 0 Å². The smallest absolute Gasteiger partial charge is 0.197 e. The monoisotopic (exact) mass is 976 g/mol. The third kappa shape index (κ3) is 6.47. The maximum absolute atomic E-state index is 15.6. The van der Waals surface area contributed by atoms with Crippen LogP contribution in [0.25, 0.3) is 144 Å². The van der Waals surface area contributed by atoms with Crippen molar-refractivity contribution < 1.29 is 0 Å². The predicted octanol–water partition coefficient (Wildman–Crippen LogP) is 13.0. The van der Waals surface area contributed by atoms with Gasteiger partial charge in [-0.25, -0.2) is 19.9 Å². The van der Waals surface area contributed by atoms with Crippen LogP contribution < -0.4 is 21.7 Å². The van der Waals surface area contributed by atoms with E-state index >= 15 is 9.59 Å². The molecule has 10 heteroatoms. The summed E-state index contributed by atoms with van der Waals surface area (Å²) in [4.78, 5) is 81.1. The van der Waals surface area contributed by atoms with Gasteiger partial charge in [-0.1, -0.05) is 146 Å². The van der Waals surface area contributed by atoms with Gasteiger partial charge in [-0.05, 0) is 72.8 Å². The SMILES string of the molecule is O=c1c2ccccc2n2c3cc4c(cc3c(=O)c3cc(-c5cc(-c6ccccc6)nc(-c6ccccc6)n5)cc1c32)c(=O)c1cc(-c2cc(-c3ccccc3)nc(-c3ccccc3)n2)cc2c(=O)c3ccccc3n4c21. The van der Waals surface area contributed by atoms with E-state index in [-0.39, 0.29) is 32.5 Å². The number of nitrogens with zero attached hydrogens (tertiary/aromatic N) is 6. The normalized spacial score (nSPS) is 11.9. The summed E-state index contributed by atoms with van der Waals surface area (Å²) >= 11 is 0. The molecule has 0 amide bonds. The van der Waals surface area contributed by atoms with Gasteiger partial charge in [-0.3, -0.25) is 19.2 Å². The summed E-state index contributed by atoms with van der Waals surface area (Å²) in [5, 5.41) is 2.72. The van der Waals surface area contributed by atoms with Gasteiger partial charge >= 0.3 is 0 Å². The Morgan fingerprint density at radius 2 is 0.539 bits per heavy atom. The molecule has 0 bridgehead atoms. The summed E-state index contributed by atoms with van der Waals surface area (Å²) in [6.07, 6.45) is 0. The molecule has 6 aromatic heterocycles. The average molecular weight is 977 g/mol. The zero-order valence-electron chi connectivity index (χ0n) is 40.1. The second-order valence-corrected chi connectivity index (χ2v) is 19.1. The number of hydrogen-bond donors (Lipinski definition) is 0. The van der Waals surface area contributed by atoms with Gasteiger partial charge in [0, 0.05) is 76.5 Å². The van der Waals surface area contributed by atoms with E-state index < -0.39 is 0 Å². The summed E-state index contributed by atoms with van der Waals surface area (Å²) in [5.74, 6) is 0.980. The molecule has 0 aliphatic heterocycles. The molecule has 0 radical (unpaired) electrons. The molecule has 15 aromatic rings. The highest BCUT2D eigenvalue weighted by Gasteiger charge is 2.25. The average Bonchev–Trinajstić information content (AvgIpc) is 3.68. The molecule has 0 fully saturated rings. The van der Waals surface area contributed by atoms with Crippen LogP contribution in [0.15, 0.2) is 238 Å². The summed E-state index contributed by atoms with van der Waals surface area (Å²) in [7, 11) is 0. The number of hydrogen-bond acceptors (Lipinski definition) is 8. The van der Waals surface area contributed by atoms with E-state index in [1.807, 2.05) is 197 Å². The summed E-state index contributed by atoms with van der Waals surface area (Å²) < 4.78 is 3.95. The number of pyridine rings is 4. The van der Waals surface area contributed by atoms with Crippen molar-refractivity contribution in [3.05, 3.63) is 259 Å². The topological polar surface area (TPSA) is 129 Å². The lowest BCUT2D eigenvalue weighted by molar-refractivity contribution is 1.18. The fraction of sp³-hybridized carbons (Fsp3) is 0. The van der Waals surface area contributed by atoms with Gasteiger partial charge in [0.1, 0.15) is 0 Å². The van der Waals surface area contributed by atoms with Crippen molar-refractivity contribution in [1.82, 2.24) is 28.7 Å². The largest absolute Gasteiger partial charge is 0.307 e. The van der Waals surface area contributed by atoms with Crippen molar-refractivity contribution in [2.75, 3.05) is 0 Å². The third-order valence-electron chi connectivity index (χ3n) is 14.8. The number of fused-ring (bicyclic) bond motifs is 8. The first kappa shape index (κ1) is 43.0. The molecule has 0 aliphatic rings. The molecule has 0 unspecified atom stereocenters. The number of rotatable bonds is 6. The van der Waals surface area contributed by atoms with Crippen molar-refractivity contribution >= 4 is 76.2 Å².